The lowest BCUT2D eigenvalue weighted by molar-refractivity contribution is 0.170. The van der Waals surface area contributed by atoms with E-state index in [0.29, 0.717) is 5.56 Å². The molecule has 1 aliphatic heterocycles. The second-order valence-corrected chi connectivity index (χ2v) is 5.75. The van der Waals surface area contributed by atoms with E-state index in [0.717, 1.165) is 49.4 Å². The fourth-order valence-corrected chi connectivity index (χ4v) is 2.81. The van der Waals surface area contributed by atoms with E-state index in [2.05, 4.69) is 21.3 Å². The molecule has 1 heterocycles. The van der Waals surface area contributed by atoms with Crippen molar-refractivity contribution in [2.24, 2.45) is 4.99 Å². The zero-order chi connectivity index (χ0) is 14.9. The first kappa shape index (κ1) is 15.8. The molecule has 0 unspecified atom stereocenters. The molecule has 0 amide bonds. The van der Waals surface area contributed by atoms with E-state index in [4.69, 9.17) is 10.00 Å². The molecule has 1 aliphatic rings. The molecule has 0 fully saturated rings. The fraction of sp³-hybridized carbons (Fsp3) is 0.467. The number of rotatable bonds is 6. The minimum atomic E-state index is 0.705. The molecule has 0 bridgehead atoms. The normalized spacial score (nSPS) is 15.1. The van der Waals surface area contributed by atoms with Crippen LogP contribution in [0.4, 0.5) is 0 Å². The number of nitrogens with one attached hydrogen (secondary N) is 1. The Morgan fingerprint density at radius 3 is 3.14 bits per heavy atom. The number of aliphatic imine (C=N–C) groups is 1. The van der Waals surface area contributed by atoms with Gasteiger partial charge in [0.1, 0.15) is 0 Å². The Morgan fingerprint density at radius 2 is 2.43 bits per heavy atom. The monoisotopic (exact) mass is 304 g/mol. The third-order valence-electron chi connectivity index (χ3n) is 3.12. The lowest BCUT2D eigenvalue weighted by atomic mass is 10.2. The highest BCUT2D eigenvalue weighted by Gasteiger charge is 2.11. The predicted octanol–water partition coefficient (Wildman–Crippen LogP) is 2.00. The molecular formula is C15H20N4OS. The smallest absolute Gasteiger partial charge is 0.159 e. The zero-order valence-electron chi connectivity index (χ0n) is 12.2. The van der Waals surface area contributed by atoms with E-state index in [-0.39, 0.29) is 0 Å². The number of nitrogens with zero attached hydrogens (tertiary/aromatic N) is 3. The molecule has 6 heteroatoms. The Bertz CT molecular complexity index is 527. The summed E-state index contributed by atoms with van der Waals surface area (Å²) in [5.74, 6) is 0.824. The molecule has 2 rings (SSSR count). The van der Waals surface area contributed by atoms with Gasteiger partial charge in [0.25, 0.3) is 0 Å². The first-order valence-electron chi connectivity index (χ1n) is 6.93. The van der Waals surface area contributed by atoms with Crippen LogP contribution < -0.4 is 5.32 Å². The molecule has 0 saturated heterocycles. The van der Waals surface area contributed by atoms with E-state index in [1.54, 1.807) is 18.9 Å². The lowest BCUT2D eigenvalue weighted by Crippen LogP contribution is -2.42. The van der Waals surface area contributed by atoms with Gasteiger partial charge < -0.3 is 10.1 Å². The van der Waals surface area contributed by atoms with Gasteiger partial charge in [0, 0.05) is 26.0 Å². The van der Waals surface area contributed by atoms with E-state index in [9.17, 15) is 0 Å². The van der Waals surface area contributed by atoms with Crippen LogP contribution in [0.2, 0.25) is 0 Å². The molecular weight excluding hydrogens is 284 g/mol. The molecule has 5 nitrogen and oxygen atoms in total. The van der Waals surface area contributed by atoms with Gasteiger partial charge in [0.05, 0.1) is 25.0 Å². The number of amidine groups is 1. The highest BCUT2D eigenvalue weighted by atomic mass is 32.2. The summed E-state index contributed by atoms with van der Waals surface area (Å²) in [5, 5.41) is 13.2. The summed E-state index contributed by atoms with van der Waals surface area (Å²) in [6.07, 6.45) is 1.02. The quantitative estimate of drug-likeness (QED) is 0.815. The van der Waals surface area contributed by atoms with Gasteiger partial charge in [-0.05, 0) is 24.1 Å². The molecule has 1 N–H and O–H groups in total. The number of benzene rings is 1. The SMILES string of the molecule is COCCCN1CN=C(SCc2cccc(C#N)c2)NC1. The van der Waals surface area contributed by atoms with Crippen molar-refractivity contribution in [2.45, 2.75) is 12.2 Å². The van der Waals surface area contributed by atoms with Gasteiger partial charge in [-0.2, -0.15) is 5.26 Å². The number of ether oxygens (including phenoxy) is 1. The van der Waals surface area contributed by atoms with Crippen molar-refractivity contribution in [3.63, 3.8) is 0 Å². The van der Waals surface area contributed by atoms with Crippen molar-refractivity contribution in [1.29, 1.82) is 5.26 Å². The van der Waals surface area contributed by atoms with Crippen LogP contribution in [0.3, 0.4) is 0 Å². The molecule has 1 aromatic rings. The highest BCUT2D eigenvalue weighted by Crippen LogP contribution is 2.15. The van der Waals surface area contributed by atoms with Crippen LogP contribution in [0.1, 0.15) is 17.5 Å². The van der Waals surface area contributed by atoms with Crippen LogP contribution in [0.5, 0.6) is 0 Å². The molecule has 0 atom stereocenters. The van der Waals surface area contributed by atoms with Gasteiger partial charge in [0.2, 0.25) is 0 Å². The Labute approximate surface area is 130 Å². The number of hydrogen-bond acceptors (Lipinski definition) is 6. The first-order chi connectivity index (χ1) is 10.3. The third kappa shape index (κ3) is 5.38. The van der Waals surface area contributed by atoms with E-state index in [1.165, 1.54) is 0 Å². The zero-order valence-corrected chi connectivity index (χ0v) is 13.0. The summed E-state index contributed by atoms with van der Waals surface area (Å²) >= 11 is 1.68. The van der Waals surface area contributed by atoms with Gasteiger partial charge in [-0.1, -0.05) is 23.9 Å². The largest absolute Gasteiger partial charge is 0.385 e. The van der Waals surface area contributed by atoms with Crippen molar-refractivity contribution in [3.8, 4) is 6.07 Å². The van der Waals surface area contributed by atoms with E-state index < -0.39 is 0 Å². The fourth-order valence-electron chi connectivity index (χ4n) is 2.01. The average Bonchev–Trinajstić information content (AvgIpc) is 2.54. The molecule has 0 saturated carbocycles. The molecule has 0 spiro atoms. The van der Waals surface area contributed by atoms with E-state index in [1.807, 2.05) is 24.3 Å². The topological polar surface area (TPSA) is 60.6 Å². The summed E-state index contributed by atoms with van der Waals surface area (Å²) in [7, 11) is 1.72. The van der Waals surface area contributed by atoms with Crippen LogP contribution in [0.25, 0.3) is 0 Å². The summed E-state index contributed by atoms with van der Waals surface area (Å²) in [6, 6.07) is 9.86. The van der Waals surface area contributed by atoms with Gasteiger partial charge >= 0.3 is 0 Å². The standard InChI is InChI=1S/C15H20N4OS/c1-20-7-3-6-19-11-17-15(18-12-19)21-10-14-5-2-4-13(8-14)9-16/h2,4-5,8H,3,6-7,10-12H2,1H3,(H,17,18). The average molecular weight is 304 g/mol. The van der Waals surface area contributed by atoms with Gasteiger partial charge in [-0.3, -0.25) is 4.90 Å². The number of hydrogen-bond donors (Lipinski definition) is 1. The second kappa shape index (κ2) is 8.67. The van der Waals surface area contributed by atoms with Crippen molar-refractivity contribution in [3.05, 3.63) is 35.4 Å². The lowest BCUT2D eigenvalue weighted by Gasteiger charge is -2.26. The van der Waals surface area contributed by atoms with Crippen molar-refractivity contribution in [2.75, 3.05) is 33.6 Å². The van der Waals surface area contributed by atoms with Gasteiger partial charge in [0.15, 0.2) is 5.17 Å². The maximum atomic E-state index is 8.89. The van der Waals surface area contributed by atoms with Crippen molar-refractivity contribution < 1.29 is 4.74 Å². The first-order valence-corrected chi connectivity index (χ1v) is 7.92. The van der Waals surface area contributed by atoms with Crippen molar-refractivity contribution >= 4 is 16.9 Å². The van der Waals surface area contributed by atoms with Crippen LogP contribution in [0, 0.1) is 11.3 Å². The van der Waals surface area contributed by atoms with Crippen LogP contribution in [0.15, 0.2) is 29.3 Å². The summed E-state index contributed by atoms with van der Waals surface area (Å²) in [5.41, 5.74) is 1.85. The molecule has 0 aliphatic carbocycles. The molecule has 21 heavy (non-hydrogen) atoms. The van der Waals surface area contributed by atoms with Gasteiger partial charge in [-0.15, -0.1) is 0 Å². The predicted molar refractivity (Wildman–Crippen MR) is 86.0 cm³/mol. The van der Waals surface area contributed by atoms with Gasteiger partial charge in [-0.25, -0.2) is 4.99 Å². The van der Waals surface area contributed by atoms with Crippen LogP contribution in [-0.4, -0.2) is 43.7 Å². The minimum absolute atomic E-state index is 0.705. The molecule has 0 radical (unpaired) electrons. The summed E-state index contributed by atoms with van der Waals surface area (Å²) in [6.45, 7) is 3.34. The molecule has 112 valence electrons. The maximum Gasteiger partial charge on any atom is 0.159 e. The van der Waals surface area contributed by atoms with E-state index >= 15 is 0 Å². The highest BCUT2D eigenvalue weighted by molar-refractivity contribution is 8.13. The third-order valence-corrected chi connectivity index (χ3v) is 4.15. The number of nitriles is 1. The Hall–Kier alpha value is -1.55. The molecule has 0 aromatic heterocycles. The van der Waals surface area contributed by atoms with Crippen LogP contribution in [-0.2, 0) is 10.5 Å². The summed E-state index contributed by atoms with van der Waals surface area (Å²) in [4.78, 5) is 6.79. The Morgan fingerprint density at radius 1 is 1.52 bits per heavy atom. The maximum absolute atomic E-state index is 8.89. The number of methoxy groups -OCH3 is 1. The Balaban J connectivity index is 1.76. The Kier molecular flexibility index (Phi) is 6.54. The van der Waals surface area contributed by atoms with Crippen LogP contribution >= 0.6 is 11.8 Å². The second-order valence-electron chi connectivity index (χ2n) is 4.78. The number of thioether (sulfide) groups is 1. The summed E-state index contributed by atoms with van der Waals surface area (Å²) < 4.78 is 5.05. The molecule has 1 aromatic carbocycles. The van der Waals surface area contributed by atoms with Crippen molar-refractivity contribution in [1.82, 2.24) is 10.2 Å². The minimum Gasteiger partial charge on any atom is -0.385 e.